The van der Waals surface area contributed by atoms with E-state index in [0.717, 1.165) is 22.7 Å². The third-order valence-corrected chi connectivity index (χ3v) is 6.14. The van der Waals surface area contributed by atoms with Gasteiger partial charge in [0.1, 0.15) is 23.1 Å². The molecule has 2 aliphatic heterocycles. The monoisotopic (exact) mass is 420 g/mol. The number of hydrogen-bond acceptors (Lipinski definition) is 8. The fourth-order valence-corrected chi connectivity index (χ4v) is 4.80. The molecule has 4 aromatic rings. The first-order valence-corrected chi connectivity index (χ1v) is 10.2. The summed E-state index contributed by atoms with van der Waals surface area (Å²) in [5.41, 5.74) is 9.03. The molecule has 0 unspecified atom stereocenters. The van der Waals surface area contributed by atoms with Crippen LogP contribution < -0.4 is 20.7 Å². The number of nitrogens with two attached hydrogens (primary N) is 1. The lowest BCUT2D eigenvalue weighted by molar-refractivity contribution is 0.438. The molecule has 5 heterocycles. The summed E-state index contributed by atoms with van der Waals surface area (Å²) in [5, 5.41) is 4.70. The van der Waals surface area contributed by atoms with Crippen molar-refractivity contribution in [3.05, 3.63) is 35.7 Å². The predicted molar refractivity (Wildman–Crippen MR) is 115 cm³/mol. The zero-order chi connectivity index (χ0) is 21.3. The minimum atomic E-state index is -0.233. The lowest BCUT2D eigenvalue weighted by Gasteiger charge is -2.24. The second-order valence-electron chi connectivity index (χ2n) is 8.14. The Morgan fingerprint density at radius 2 is 2.06 bits per heavy atom. The summed E-state index contributed by atoms with van der Waals surface area (Å²) in [6, 6.07) is 1.77. The van der Waals surface area contributed by atoms with Crippen molar-refractivity contribution in [3.63, 3.8) is 0 Å². The number of nitrogens with one attached hydrogen (secondary N) is 2. The highest BCUT2D eigenvalue weighted by atomic mass is 19.1. The maximum Gasteiger partial charge on any atom is 0.326 e. The van der Waals surface area contributed by atoms with Crippen LogP contribution in [0.4, 0.5) is 15.9 Å². The van der Waals surface area contributed by atoms with Crippen LogP contribution in [0.5, 0.6) is 11.8 Å². The maximum atomic E-state index is 15.2. The third kappa shape index (κ3) is 2.71. The number of halogens is 1. The summed E-state index contributed by atoms with van der Waals surface area (Å²) in [6.45, 7) is 2.45. The van der Waals surface area contributed by atoms with Gasteiger partial charge in [0.05, 0.1) is 29.0 Å². The van der Waals surface area contributed by atoms with Crippen LogP contribution in [0.3, 0.4) is 0 Å². The van der Waals surface area contributed by atoms with Gasteiger partial charge >= 0.3 is 6.01 Å². The standard InChI is InChI=1S/C21H21FN8O/c1-9-25-6-12(7-26-9)31-21-28-19-17-16-13(14(22)5-15(24-2)18(16)27-19)4-11-3-10(23)8-30(11)20(17)29-21/h5-7,10-11,24H,3-4,8,23H2,1-2H3,(H,27,28,29)/t10-,11+/m1/s1. The van der Waals surface area contributed by atoms with E-state index in [-0.39, 0.29) is 23.9 Å². The molecule has 0 spiro atoms. The number of anilines is 2. The van der Waals surface area contributed by atoms with Crippen LogP contribution in [0.15, 0.2) is 18.5 Å². The quantitative estimate of drug-likeness (QED) is 0.463. The molecule has 2 atom stereocenters. The molecule has 0 saturated carbocycles. The van der Waals surface area contributed by atoms with Gasteiger partial charge in [-0.2, -0.15) is 9.97 Å². The maximum absolute atomic E-state index is 15.2. The van der Waals surface area contributed by atoms with Crippen LogP contribution in [-0.4, -0.2) is 50.6 Å². The lowest BCUT2D eigenvalue weighted by Crippen LogP contribution is -2.32. The fourth-order valence-electron chi connectivity index (χ4n) is 4.80. The van der Waals surface area contributed by atoms with E-state index >= 15 is 4.39 Å². The fraction of sp³-hybridized carbons (Fsp3) is 0.333. The van der Waals surface area contributed by atoms with E-state index in [2.05, 4.69) is 30.2 Å². The highest BCUT2D eigenvalue weighted by molar-refractivity contribution is 6.16. The van der Waals surface area contributed by atoms with Crippen LogP contribution in [-0.2, 0) is 6.42 Å². The van der Waals surface area contributed by atoms with Gasteiger partial charge in [0.15, 0.2) is 5.75 Å². The minimum absolute atomic E-state index is 0.000470. The average Bonchev–Trinajstić information content (AvgIpc) is 3.27. The van der Waals surface area contributed by atoms with Gasteiger partial charge < -0.3 is 25.7 Å². The van der Waals surface area contributed by atoms with Gasteiger partial charge in [0.2, 0.25) is 0 Å². The van der Waals surface area contributed by atoms with E-state index in [1.165, 1.54) is 6.07 Å². The van der Waals surface area contributed by atoms with E-state index < -0.39 is 0 Å². The third-order valence-electron chi connectivity index (χ3n) is 6.14. The molecule has 158 valence electrons. The molecule has 4 N–H and O–H groups in total. The van der Waals surface area contributed by atoms with Crippen LogP contribution in [0.25, 0.3) is 21.9 Å². The number of ether oxygens (including phenoxy) is 1. The Bertz CT molecular complexity index is 1340. The molecule has 9 nitrogen and oxygen atoms in total. The van der Waals surface area contributed by atoms with Crippen molar-refractivity contribution in [2.24, 2.45) is 5.73 Å². The summed E-state index contributed by atoms with van der Waals surface area (Å²) in [5.74, 6) is 1.57. The van der Waals surface area contributed by atoms with Crippen molar-refractivity contribution < 1.29 is 9.13 Å². The molecule has 3 aromatic heterocycles. The first kappa shape index (κ1) is 18.3. The van der Waals surface area contributed by atoms with Gasteiger partial charge in [0, 0.05) is 36.6 Å². The van der Waals surface area contributed by atoms with Crippen LogP contribution in [0, 0.1) is 12.7 Å². The van der Waals surface area contributed by atoms with Gasteiger partial charge in [-0.25, -0.2) is 14.4 Å². The Morgan fingerprint density at radius 1 is 1.26 bits per heavy atom. The summed E-state index contributed by atoms with van der Waals surface area (Å²) in [6.07, 6.45) is 4.50. The zero-order valence-corrected chi connectivity index (χ0v) is 17.1. The van der Waals surface area contributed by atoms with Crippen molar-refractivity contribution in [2.75, 3.05) is 23.8 Å². The molecule has 0 amide bonds. The topological polar surface area (TPSA) is 118 Å². The molecule has 0 bridgehead atoms. The number of aromatic amines is 1. The Labute approximate surface area is 176 Å². The van der Waals surface area contributed by atoms with Crippen LogP contribution in [0.2, 0.25) is 0 Å². The number of hydrogen-bond donors (Lipinski definition) is 3. The number of nitrogens with zero attached hydrogens (tertiary/aromatic N) is 5. The molecule has 0 aliphatic carbocycles. The van der Waals surface area contributed by atoms with E-state index in [1.807, 2.05) is 0 Å². The molecule has 6 rings (SSSR count). The number of benzene rings is 1. The summed E-state index contributed by atoms with van der Waals surface area (Å²) < 4.78 is 21.0. The predicted octanol–water partition coefficient (Wildman–Crippen LogP) is 2.64. The molecule has 1 saturated heterocycles. The summed E-state index contributed by atoms with van der Waals surface area (Å²) >= 11 is 0. The SMILES string of the molecule is CNc1cc(F)c2c3c1[nH]c1nc(Oc4cnc(C)nc4)nc(c13)N1C[C@H](N)C[C@H]1C2. The van der Waals surface area contributed by atoms with Crippen LogP contribution >= 0.6 is 0 Å². The normalized spacial score (nSPS) is 19.8. The first-order chi connectivity index (χ1) is 15.0. The van der Waals surface area contributed by atoms with E-state index in [4.69, 9.17) is 15.5 Å². The number of fused-ring (bicyclic) bond motifs is 2. The molecule has 2 aliphatic rings. The largest absolute Gasteiger partial charge is 0.421 e. The number of aryl methyl sites for hydroxylation is 1. The Hall–Kier alpha value is -3.53. The number of aromatic nitrogens is 5. The van der Waals surface area contributed by atoms with Crippen molar-refractivity contribution in [1.82, 2.24) is 24.9 Å². The summed E-state index contributed by atoms with van der Waals surface area (Å²) in [7, 11) is 1.77. The Balaban J connectivity index is 1.62. The van der Waals surface area contributed by atoms with Gasteiger partial charge in [-0.15, -0.1) is 0 Å². The van der Waals surface area contributed by atoms with Crippen molar-refractivity contribution in [2.45, 2.75) is 31.8 Å². The zero-order valence-electron chi connectivity index (χ0n) is 17.1. The molecule has 31 heavy (non-hydrogen) atoms. The molecular formula is C21H21FN8O. The molecule has 1 aromatic carbocycles. The van der Waals surface area contributed by atoms with Gasteiger partial charge in [-0.05, 0) is 25.8 Å². The lowest BCUT2D eigenvalue weighted by atomic mass is 9.99. The van der Waals surface area contributed by atoms with Crippen molar-refractivity contribution in [1.29, 1.82) is 0 Å². The second-order valence-corrected chi connectivity index (χ2v) is 8.14. The van der Waals surface area contributed by atoms with E-state index in [1.54, 1.807) is 26.4 Å². The van der Waals surface area contributed by atoms with E-state index in [9.17, 15) is 0 Å². The van der Waals surface area contributed by atoms with Crippen molar-refractivity contribution >= 4 is 33.4 Å². The minimum Gasteiger partial charge on any atom is -0.421 e. The average molecular weight is 420 g/mol. The number of rotatable bonds is 3. The first-order valence-electron chi connectivity index (χ1n) is 10.2. The molecule has 1 fully saturated rings. The van der Waals surface area contributed by atoms with Gasteiger partial charge in [-0.1, -0.05) is 0 Å². The number of H-pyrrole nitrogens is 1. The Kier molecular flexibility index (Phi) is 3.82. The van der Waals surface area contributed by atoms with Gasteiger partial charge in [-0.3, -0.25) is 0 Å². The molecule has 10 heteroatoms. The van der Waals surface area contributed by atoms with Gasteiger partial charge in [0.25, 0.3) is 0 Å². The smallest absolute Gasteiger partial charge is 0.326 e. The molecular weight excluding hydrogens is 399 g/mol. The van der Waals surface area contributed by atoms with E-state index in [0.29, 0.717) is 47.3 Å². The second kappa shape index (κ2) is 6.48. The highest BCUT2D eigenvalue weighted by Gasteiger charge is 2.37. The highest BCUT2D eigenvalue weighted by Crippen LogP contribution is 2.44. The molecule has 0 radical (unpaired) electrons. The van der Waals surface area contributed by atoms with Crippen LogP contribution in [0.1, 0.15) is 17.8 Å². The summed E-state index contributed by atoms with van der Waals surface area (Å²) in [4.78, 5) is 23.2. The van der Waals surface area contributed by atoms with Crippen molar-refractivity contribution in [3.8, 4) is 11.8 Å². The Morgan fingerprint density at radius 3 is 2.84 bits per heavy atom.